The van der Waals surface area contributed by atoms with E-state index in [1.54, 1.807) is 0 Å². The first-order chi connectivity index (χ1) is 6.45. The molecule has 14 heavy (non-hydrogen) atoms. The summed E-state index contributed by atoms with van der Waals surface area (Å²) in [6.07, 6.45) is 1.83. The van der Waals surface area contributed by atoms with Gasteiger partial charge in [0, 0.05) is 17.7 Å². The smallest absolute Gasteiger partial charge is 0.133 e. The van der Waals surface area contributed by atoms with Crippen molar-refractivity contribution in [2.24, 2.45) is 0 Å². The lowest BCUT2D eigenvalue weighted by Crippen LogP contribution is -2.20. The van der Waals surface area contributed by atoms with Gasteiger partial charge in [-0.05, 0) is 20.0 Å². The number of rotatable bonds is 2. The van der Waals surface area contributed by atoms with E-state index < -0.39 is 0 Å². The van der Waals surface area contributed by atoms with Crippen LogP contribution in [-0.4, -0.2) is 17.0 Å². The van der Waals surface area contributed by atoms with Gasteiger partial charge in [-0.15, -0.1) is 0 Å². The SMILES string of the molecule is CNC(C)c1ccnc(C(C)(C)C)n1. The van der Waals surface area contributed by atoms with Gasteiger partial charge in [0.1, 0.15) is 5.82 Å². The topological polar surface area (TPSA) is 37.8 Å². The fourth-order valence-electron chi connectivity index (χ4n) is 1.12. The molecule has 78 valence electrons. The minimum atomic E-state index is 0.0173. The maximum absolute atomic E-state index is 4.54. The minimum absolute atomic E-state index is 0.0173. The number of hydrogen-bond donors (Lipinski definition) is 1. The van der Waals surface area contributed by atoms with Crippen molar-refractivity contribution in [1.82, 2.24) is 15.3 Å². The molecular formula is C11H19N3. The Morgan fingerprint density at radius 1 is 1.36 bits per heavy atom. The van der Waals surface area contributed by atoms with Crippen LogP contribution in [0.15, 0.2) is 12.3 Å². The zero-order valence-corrected chi connectivity index (χ0v) is 9.63. The van der Waals surface area contributed by atoms with Crippen molar-refractivity contribution in [3.05, 3.63) is 23.8 Å². The maximum atomic E-state index is 4.54. The van der Waals surface area contributed by atoms with Crippen molar-refractivity contribution in [2.75, 3.05) is 7.05 Å². The molecule has 0 spiro atoms. The quantitative estimate of drug-likeness (QED) is 0.781. The van der Waals surface area contributed by atoms with Gasteiger partial charge in [0.05, 0.1) is 5.69 Å². The van der Waals surface area contributed by atoms with Gasteiger partial charge < -0.3 is 5.32 Å². The number of aromatic nitrogens is 2. The Kier molecular flexibility index (Phi) is 3.21. The van der Waals surface area contributed by atoms with Crippen LogP contribution in [0.25, 0.3) is 0 Å². The van der Waals surface area contributed by atoms with Crippen molar-refractivity contribution < 1.29 is 0 Å². The molecule has 1 N–H and O–H groups in total. The van der Waals surface area contributed by atoms with Crippen LogP contribution in [0, 0.1) is 0 Å². The minimum Gasteiger partial charge on any atom is -0.312 e. The second-order valence-electron chi connectivity index (χ2n) is 4.57. The fraction of sp³-hybridized carbons (Fsp3) is 0.636. The molecule has 0 saturated heterocycles. The van der Waals surface area contributed by atoms with E-state index in [-0.39, 0.29) is 11.5 Å². The van der Waals surface area contributed by atoms with Gasteiger partial charge in [0.2, 0.25) is 0 Å². The Morgan fingerprint density at radius 2 is 2.00 bits per heavy atom. The summed E-state index contributed by atoms with van der Waals surface area (Å²) in [5.41, 5.74) is 1.07. The molecule has 3 heteroatoms. The third-order valence-corrected chi connectivity index (χ3v) is 2.22. The summed E-state index contributed by atoms with van der Waals surface area (Å²) in [5.74, 6) is 0.900. The van der Waals surface area contributed by atoms with Gasteiger partial charge in [-0.1, -0.05) is 20.8 Å². The highest BCUT2D eigenvalue weighted by Crippen LogP contribution is 2.19. The maximum Gasteiger partial charge on any atom is 0.133 e. The molecular weight excluding hydrogens is 174 g/mol. The Balaban J connectivity index is 3.01. The molecule has 0 aliphatic heterocycles. The van der Waals surface area contributed by atoms with Crippen molar-refractivity contribution in [1.29, 1.82) is 0 Å². The summed E-state index contributed by atoms with van der Waals surface area (Å²) in [6, 6.07) is 2.23. The molecule has 1 rings (SSSR count). The summed E-state index contributed by atoms with van der Waals surface area (Å²) in [6.45, 7) is 8.46. The van der Waals surface area contributed by atoms with Crippen molar-refractivity contribution in [3.63, 3.8) is 0 Å². The van der Waals surface area contributed by atoms with E-state index in [4.69, 9.17) is 0 Å². The summed E-state index contributed by atoms with van der Waals surface area (Å²) in [7, 11) is 1.93. The summed E-state index contributed by atoms with van der Waals surface area (Å²) < 4.78 is 0. The summed E-state index contributed by atoms with van der Waals surface area (Å²) in [4.78, 5) is 8.83. The molecule has 0 radical (unpaired) electrons. The van der Waals surface area contributed by atoms with E-state index in [2.05, 4.69) is 43.0 Å². The first-order valence-electron chi connectivity index (χ1n) is 4.96. The highest BCUT2D eigenvalue weighted by atomic mass is 14.9. The molecule has 1 heterocycles. The predicted octanol–water partition coefficient (Wildman–Crippen LogP) is 2.05. The van der Waals surface area contributed by atoms with E-state index in [0.29, 0.717) is 0 Å². The van der Waals surface area contributed by atoms with Gasteiger partial charge in [0.25, 0.3) is 0 Å². The lowest BCUT2D eigenvalue weighted by atomic mass is 9.95. The van der Waals surface area contributed by atoms with Crippen LogP contribution >= 0.6 is 0 Å². The average molecular weight is 193 g/mol. The first kappa shape index (κ1) is 11.1. The Hall–Kier alpha value is -0.960. The molecule has 0 aromatic carbocycles. The molecule has 3 nitrogen and oxygen atoms in total. The van der Waals surface area contributed by atoms with Crippen LogP contribution in [0.4, 0.5) is 0 Å². The molecule has 0 bridgehead atoms. The van der Waals surface area contributed by atoms with Gasteiger partial charge in [-0.25, -0.2) is 9.97 Å². The van der Waals surface area contributed by atoms with Crippen molar-refractivity contribution >= 4 is 0 Å². The van der Waals surface area contributed by atoms with Gasteiger partial charge in [-0.3, -0.25) is 0 Å². The van der Waals surface area contributed by atoms with Crippen LogP contribution < -0.4 is 5.32 Å². The van der Waals surface area contributed by atoms with E-state index in [1.807, 2.05) is 19.3 Å². The normalized spacial score (nSPS) is 14.1. The van der Waals surface area contributed by atoms with Crippen LogP contribution in [0.5, 0.6) is 0 Å². The van der Waals surface area contributed by atoms with Crippen molar-refractivity contribution in [2.45, 2.75) is 39.2 Å². The zero-order valence-electron chi connectivity index (χ0n) is 9.63. The Labute approximate surface area is 86.0 Å². The van der Waals surface area contributed by atoms with Gasteiger partial charge in [0.15, 0.2) is 0 Å². The third kappa shape index (κ3) is 2.51. The first-order valence-corrected chi connectivity index (χ1v) is 4.96. The predicted molar refractivity (Wildman–Crippen MR) is 58.2 cm³/mol. The van der Waals surface area contributed by atoms with Crippen LogP contribution in [0.1, 0.15) is 45.3 Å². The van der Waals surface area contributed by atoms with E-state index in [9.17, 15) is 0 Å². The van der Waals surface area contributed by atoms with E-state index >= 15 is 0 Å². The molecule has 0 amide bonds. The Bertz CT molecular complexity index is 302. The molecule has 1 atom stereocenters. The Morgan fingerprint density at radius 3 is 2.50 bits per heavy atom. The highest BCUT2D eigenvalue weighted by Gasteiger charge is 2.18. The molecule has 1 aromatic heterocycles. The second-order valence-corrected chi connectivity index (χ2v) is 4.57. The molecule has 1 aromatic rings. The average Bonchev–Trinajstić information content (AvgIpc) is 2.15. The van der Waals surface area contributed by atoms with Crippen molar-refractivity contribution in [3.8, 4) is 0 Å². The van der Waals surface area contributed by atoms with Crippen LogP contribution in [0.2, 0.25) is 0 Å². The highest BCUT2D eigenvalue weighted by molar-refractivity contribution is 5.11. The lowest BCUT2D eigenvalue weighted by molar-refractivity contribution is 0.530. The van der Waals surface area contributed by atoms with Crippen LogP contribution in [0.3, 0.4) is 0 Å². The molecule has 1 unspecified atom stereocenters. The summed E-state index contributed by atoms with van der Waals surface area (Å²) >= 11 is 0. The molecule has 0 fully saturated rings. The molecule has 0 aliphatic rings. The standard InChI is InChI=1S/C11H19N3/c1-8(12-5)9-6-7-13-10(14-9)11(2,3)4/h6-8,12H,1-5H3. The molecule has 0 saturated carbocycles. The summed E-state index contributed by atoms with van der Waals surface area (Å²) in [5, 5.41) is 3.17. The number of nitrogens with one attached hydrogen (secondary N) is 1. The van der Waals surface area contributed by atoms with E-state index in [1.165, 1.54) is 0 Å². The fourth-order valence-corrected chi connectivity index (χ4v) is 1.12. The number of hydrogen-bond acceptors (Lipinski definition) is 3. The van der Waals surface area contributed by atoms with Gasteiger partial charge in [-0.2, -0.15) is 0 Å². The zero-order chi connectivity index (χ0) is 10.8. The third-order valence-electron chi connectivity index (χ3n) is 2.22. The molecule has 0 aliphatic carbocycles. The largest absolute Gasteiger partial charge is 0.312 e. The lowest BCUT2D eigenvalue weighted by Gasteiger charge is -2.18. The number of nitrogens with zero attached hydrogens (tertiary/aromatic N) is 2. The van der Waals surface area contributed by atoms with Crippen LogP contribution in [-0.2, 0) is 5.41 Å². The van der Waals surface area contributed by atoms with E-state index in [0.717, 1.165) is 11.5 Å². The van der Waals surface area contributed by atoms with Gasteiger partial charge >= 0.3 is 0 Å². The monoisotopic (exact) mass is 193 g/mol. The second kappa shape index (κ2) is 4.05.